The Kier molecular flexibility index (Phi) is 7.22. The van der Waals surface area contributed by atoms with E-state index in [2.05, 4.69) is 41.0 Å². The number of likely N-dealkylation sites (tertiary alicyclic amines) is 1. The lowest BCUT2D eigenvalue weighted by Crippen LogP contribution is -2.48. The van der Waals surface area contributed by atoms with E-state index in [1.807, 2.05) is 13.2 Å². The highest BCUT2D eigenvalue weighted by Gasteiger charge is 2.23. The Balaban J connectivity index is 0.00000200. The zero-order valence-electron chi connectivity index (χ0n) is 12.7. The van der Waals surface area contributed by atoms with Crippen molar-refractivity contribution in [2.24, 2.45) is 16.8 Å². The number of rotatable bonds is 2. The first-order chi connectivity index (χ1) is 9.08. The summed E-state index contributed by atoms with van der Waals surface area (Å²) in [7, 11) is 1.86. The summed E-state index contributed by atoms with van der Waals surface area (Å²) < 4.78 is 0. The summed E-state index contributed by atoms with van der Waals surface area (Å²) in [6, 6.07) is 0. The van der Waals surface area contributed by atoms with E-state index in [1.165, 1.54) is 11.3 Å². The molecule has 1 aromatic rings. The van der Waals surface area contributed by atoms with Gasteiger partial charge in [-0.2, -0.15) is 0 Å². The molecule has 1 saturated heterocycles. The summed E-state index contributed by atoms with van der Waals surface area (Å²) in [4.78, 5) is 12.4. The van der Waals surface area contributed by atoms with Crippen LogP contribution in [0.25, 0.3) is 0 Å². The Bertz CT molecular complexity index is 436. The molecule has 6 heteroatoms. The number of guanidine groups is 1. The average Bonchev–Trinajstić information content (AvgIpc) is 2.75. The van der Waals surface area contributed by atoms with Crippen LogP contribution in [0.3, 0.4) is 0 Å². The number of thiazole rings is 1. The van der Waals surface area contributed by atoms with E-state index in [9.17, 15) is 0 Å². The number of nitrogens with one attached hydrogen (secondary N) is 1. The number of aromatic nitrogens is 1. The van der Waals surface area contributed by atoms with Crippen molar-refractivity contribution in [3.8, 4) is 0 Å². The number of piperidine rings is 1. The predicted octanol–water partition coefficient (Wildman–Crippen LogP) is 3.12. The van der Waals surface area contributed by atoms with Crippen molar-refractivity contribution in [3.05, 3.63) is 16.1 Å². The summed E-state index contributed by atoms with van der Waals surface area (Å²) in [5.41, 5.74) is 0. The average molecular weight is 408 g/mol. The smallest absolute Gasteiger partial charge is 0.194 e. The number of aryl methyl sites for hydroxylation is 1. The molecule has 4 nitrogen and oxygen atoms in total. The van der Waals surface area contributed by atoms with Crippen molar-refractivity contribution in [3.63, 3.8) is 0 Å². The maximum Gasteiger partial charge on any atom is 0.194 e. The molecular weight excluding hydrogens is 383 g/mol. The van der Waals surface area contributed by atoms with Crippen LogP contribution in [0.15, 0.2) is 11.2 Å². The van der Waals surface area contributed by atoms with E-state index < -0.39 is 0 Å². The fourth-order valence-electron chi connectivity index (χ4n) is 2.81. The number of nitrogens with zero attached hydrogens (tertiary/aromatic N) is 3. The number of halogens is 1. The first kappa shape index (κ1) is 17.7. The summed E-state index contributed by atoms with van der Waals surface area (Å²) in [6.45, 7) is 9.69. The second-order valence-electron chi connectivity index (χ2n) is 5.62. The first-order valence-electron chi connectivity index (χ1n) is 6.95. The van der Waals surface area contributed by atoms with Crippen LogP contribution in [0.5, 0.6) is 0 Å². The van der Waals surface area contributed by atoms with Crippen LogP contribution >= 0.6 is 35.3 Å². The standard InChI is InChI=1S/C14H24N4S.HI/c1-10-5-11(2)9-18(8-10)14(15-4)17-7-13-16-6-12(3)19-13;/h6,10-11H,5,7-9H2,1-4H3,(H,15,17);1H. The minimum atomic E-state index is 0. The highest BCUT2D eigenvalue weighted by atomic mass is 127. The molecule has 1 aromatic heterocycles. The molecule has 1 fully saturated rings. The Morgan fingerprint density at radius 1 is 1.45 bits per heavy atom. The zero-order chi connectivity index (χ0) is 13.8. The third kappa shape index (κ3) is 4.87. The van der Waals surface area contributed by atoms with Gasteiger partial charge in [-0.1, -0.05) is 13.8 Å². The van der Waals surface area contributed by atoms with Gasteiger partial charge in [-0.15, -0.1) is 35.3 Å². The van der Waals surface area contributed by atoms with Crippen LogP contribution in [0, 0.1) is 18.8 Å². The molecule has 2 rings (SSSR count). The molecule has 0 radical (unpaired) electrons. The predicted molar refractivity (Wildman–Crippen MR) is 97.0 cm³/mol. The molecule has 0 aliphatic carbocycles. The maximum atomic E-state index is 4.41. The molecule has 0 aromatic carbocycles. The van der Waals surface area contributed by atoms with Crippen molar-refractivity contribution in [1.29, 1.82) is 0 Å². The van der Waals surface area contributed by atoms with E-state index >= 15 is 0 Å². The van der Waals surface area contributed by atoms with E-state index in [4.69, 9.17) is 0 Å². The zero-order valence-corrected chi connectivity index (χ0v) is 15.9. The molecular formula is C14H25IN4S. The Morgan fingerprint density at radius 2 is 2.10 bits per heavy atom. The van der Waals surface area contributed by atoms with Crippen LogP contribution < -0.4 is 5.32 Å². The second kappa shape index (κ2) is 8.17. The number of hydrogen-bond acceptors (Lipinski definition) is 3. The van der Waals surface area contributed by atoms with Crippen molar-refractivity contribution < 1.29 is 0 Å². The second-order valence-corrected chi connectivity index (χ2v) is 6.94. The Morgan fingerprint density at radius 3 is 2.60 bits per heavy atom. The van der Waals surface area contributed by atoms with Gasteiger partial charge >= 0.3 is 0 Å². The van der Waals surface area contributed by atoms with E-state index in [0.29, 0.717) is 0 Å². The molecule has 2 heterocycles. The van der Waals surface area contributed by atoms with E-state index in [1.54, 1.807) is 11.3 Å². The lowest BCUT2D eigenvalue weighted by Gasteiger charge is -2.37. The van der Waals surface area contributed by atoms with E-state index in [-0.39, 0.29) is 24.0 Å². The fraction of sp³-hybridized carbons (Fsp3) is 0.714. The number of hydrogen-bond donors (Lipinski definition) is 1. The van der Waals surface area contributed by atoms with Gasteiger partial charge in [-0.3, -0.25) is 4.99 Å². The fourth-order valence-corrected chi connectivity index (χ4v) is 3.53. The quantitative estimate of drug-likeness (QED) is 0.465. The molecule has 20 heavy (non-hydrogen) atoms. The van der Waals surface area contributed by atoms with Gasteiger partial charge in [-0.05, 0) is 25.2 Å². The van der Waals surface area contributed by atoms with Crippen LogP contribution in [0.2, 0.25) is 0 Å². The van der Waals surface area contributed by atoms with Gasteiger partial charge in [0, 0.05) is 31.2 Å². The van der Waals surface area contributed by atoms with Crippen molar-refractivity contribution in [1.82, 2.24) is 15.2 Å². The van der Waals surface area contributed by atoms with Gasteiger partial charge in [0.05, 0.1) is 6.54 Å². The van der Waals surface area contributed by atoms with Gasteiger partial charge in [0.15, 0.2) is 5.96 Å². The minimum absolute atomic E-state index is 0. The van der Waals surface area contributed by atoms with Gasteiger partial charge in [0.2, 0.25) is 0 Å². The minimum Gasteiger partial charge on any atom is -0.350 e. The monoisotopic (exact) mass is 408 g/mol. The Labute approximate surface area is 143 Å². The molecule has 0 saturated carbocycles. The molecule has 0 spiro atoms. The molecule has 1 aliphatic rings. The molecule has 0 amide bonds. The van der Waals surface area contributed by atoms with Crippen molar-refractivity contribution in [2.75, 3.05) is 20.1 Å². The molecule has 2 atom stereocenters. The summed E-state index contributed by atoms with van der Waals surface area (Å²) in [5, 5.41) is 4.56. The third-order valence-electron chi connectivity index (χ3n) is 3.45. The summed E-state index contributed by atoms with van der Waals surface area (Å²) in [6.07, 6.45) is 3.24. The van der Waals surface area contributed by atoms with Gasteiger partial charge in [-0.25, -0.2) is 4.98 Å². The molecule has 114 valence electrons. The van der Waals surface area contributed by atoms with Gasteiger partial charge in [0.1, 0.15) is 5.01 Å². The molecule has 0 bridgehead atoms. The van der Waals surface area contributed by atoms with Crippen molar-refractivity contribution >= 4 is 41.3 Å². The Hall–Kier alpha value is -0.370. The number of aliphatic imine (C=N–C) groups is 1. The van der Waals surface area contributed by atoms with Gasteiger partial charge < -0.3 is 10.2 Å². The topological polar surface area (TPSA) is 40.5 Å². The van der Waals surface area contributed by atoms with Crippen LogP contribution in [-0.2, 0) is 6.54 Å². The van der Waals surface area contributed by atoms with Crippen LogP contribution in [-0.4, -0.2) is 36.0 Å². The largest absolute Gasteiger partial charge is 0.350 e. The highest BCUT2D eigenvalue weighted by Crippen LogP contribution is 2.21. The third-order valence-corrected chi connectivity index (χ3v) is 4.36. The maximum absolute atomic E-state index is 4.41. The normalized spacial score (nSPS) is 23.4. The van der Waals surface area contributed by atoms with Gasteiger partial charge in [0.25, 0.3) is 0 Å². The summed E-state index contributed by atoms with van der Waals surface area (Å²) >= 11 is 1.74. The first-order valence-corrected chi connectivity index (χ1v) is 7.77. The molecule has 1 N–H and O–H groups in total. The molecule has 1 aliphatic heterocycles. The lowest BCUT2D eigenvalue weighted by atomic mass is 9.92. The molecule has 2 unspecified atom stereocenters. The van der Waals surface area contributed by atoms with Crippen LogP contribution in [0.1, 0.15) is 30.2 Å². The van der Waals surface area contributed by atoms with Crippen molar-refractivity contribution in [2.45, 2.75) is 33.7 Å². The summed E-state index contributed by atoms with van der Waals surface area (Å²) in [5.74, 6) is 2.49. The van der Waals surface area contributed by atoms with Crippen LogP contribution in [0.4, 0.5) is 0 Å². The SMILES string of the molecule is CN=C(NCc1ncc(C)s1)N1CC(C)CC(C)C1.I. The lowest BCUT2D eigenvalue weighted by molar-refractivity contribution is 0.208. The highest BCUT2D eigenvalue weighted by molar-refractivity contribution is 14.0. The van der Waals surface area contributed by atoms with E-state index in [0.717, 1.165) is 42.4 Å².